The quantitative estimate of drug-likeness (QED) is 0.148. The van der Waals surface area contributed by atoms with Crippen LogP contribution in [0.5, 0.6) is 0 Å². The molecular weight excluding hydrogens is 482 g/mol. The number of hydrogen-bond acceptors (Lipinski definition) is 7. The maximum absolute atomic E-state index is 13.0. The number of sulfonamides is 1. The van der Waals surface area contributed by atoms with Gasteiger partial charge in [0.25, 0.3) is 15.9 Å². The number of carbonyl (C=O) groups is 2. The fourth-order valence-corrected chi connectivity index (χ4v) is 4.95. The number of nitrogens with two attached hydrogens (primary N) is 2. The number of furan rings is 1. The summed E-state index contributed by atoms with van der Waals surface area (Å²) in [6, 6.07) is 9.78. The van der Waals surface area contributed by atoms with Crippen LogP contribution in [-0.4, -0.2) is 43.9 Å². The summed E-state index contributed by atoms with van der Waals surface area (Å²) in [6.45, 7) is 0.211. The van der Waals surface area contributed by atoms with Crippen LogP contribution in [0.25, 0.3) is 11.3 Å². The molecule has 1 amide bonds. The second kappa shape index (κ2) is 10.9. The first-order valence-corrected chi connectivity index (χ1v) is 12.4. The number of aliphatic carboxylic acids is 1. The molecule has 1 aromatic carbocycles. The molecule has 1 atom stereocenters. The Hall–Kier alpha value is -3.84. The van der Waals surface area contributed by atoms with Crippen LogP contribution in [0.1, 0.15) is 22.5 Å². The number of guanidine groups is 1. The third-order valence-corrected chi connectivity index (χ3v) is 6.89. The predicted octanol–water partition coefficient (Wildman–Crippen LogP) is 2.05. The van der Waals surface area contributed by atoms with Gasteiger partial charge in [0.2, 0.25) is 0 Å². The smallest absolute Gasteiger partial charge is 0.326 e. The summed E-state index contributed by atoms with van der Waals surface area (Å²) in [4.78, 5) is 28.1. The van der Waals surface area contributed by atoms with Crippen molar-refractivity contribution in [3.05, 3.63) is 59.0 Å². The number of nitrogens with zero attached hydrogens (tertiary/aromatic N) is 1. The Morgan fingerprint density at radius 2 is 1.97 bits per heavy atom. The minimum absolute atomic E-state index is 0.0258. The summed E-state index contributed by atoms with van der Waals surface area (Å²) in [7, 11) is -4.04. The molecule has 7 N–H and O–H groups in total. The van der Waals surface area contributed by atoms with E-state index in [1.165, 1.54) is 29.8 Å². The van der Waals surface area contributed by atoms with Gasteiger partial charge in [-0.2, -0.15) is 0 Å². The summed E-state index contributed by atoms with van der Waals surface area (Å²) in [5.41, 5.74) is 11.1. The van der Waals surface area contributed by atoms with Crippen molar-refractivity contribution in [2.45, 2.75) is 23.8 Å². The largest absolute Gasteiger partial charge is 0.480 e. The summed E-state index contributed by atoms with van der Waals surface area (Å²) in [5.74, 6) is -1.55. The van der Waals surface area contributed by atoms with Crippen molar-refractivity contribution in [3.8, 4) is 11.3 Å². The zero-order chi connectivity index (χ0) is 24.7. The molecule has 34 heavy (non-hydrogen) atoms. The average Bonchev–Trinajstić information content (AvgIpc) is 3.47. The van der Waals surface area contributed by atoms with Crippen LogP contribution in [0.4, 0.5) is 5.69 Å². The molecule has 0 aliphatic rings. The van der Waals surface area contributed by atoms with E-state index >= 15 is 0 Å². The highest BCUT2D eigenvalue weighted by atomic mass is 32.2. The highest BCUT2D eigenvalue weighted by Gasteiger charge is 2.25. The second-order valence-corrected chi connectivity index (χ2v) is 9.69. The number of carboxylic acid groups (broad SMARTS) is 1. The Morgan fingerprint density at radius 1 is 1.18 bits per heavy atom. The van der Waals surface area contributed by atoms with Crippen LogP contribution in [0.3, 0.4) is 0 Å². The molecule has 0 spiro atoms. The Morgan fingerprint density at radius 3 is 2.65 bits per heavy atom. The molecular formula is C21H23N5O6S2. The number of carboxylic acids is 1. The van der Waals surface area contributed by atoms with Gasteiger partial charge in [-0.25, -0.2) is 13.2 Å². The molecule has 13 heteroatoms. The van der Waals surface area contributed by atoms with Gasteiger partial charge in [-0.15, -0.1) is 11.3 Å². The second-order valence-electron chi connectivity index (χ2n) is 7.09. The van der Waals surface area contributed by atoms with Gasteiger partial charge in [-0.1, -0.05) is 12.1 Å². The summed E-state index contributed by atoms with van der Waals surface area (Å²) < 4.78 is 33.6. The van der Waals surface area contributed by atoms with Gasteiger partial charge in [0, 0.05) is 12.1 Å². The van der Waals surface area contributed by atoms with Crippen LogP contribution in [0, 0.1) is 0 Å². The number of hydrogen-bond donors (Lipinski definition) is 5. The van der Waals surface area contributed by atoms with Crippen molar-refractivity contribution < 1.29 is 27.5 Å². The summed E-state index contributed by atoms with van der Waals surface area (Å²) in [6.07, 6.45) is 1.89. The number of amides is 1. The number of rotatable bonds is 11. The third kappa shape index (κ3) is 6.36. The molecule has 0 aliphatic carbocycles. The summed E-state index contributed by atoms with van der Waals surface area (Å²) in [5, 5.41) is 13.4. The standard InChI is InChI=1S/C21H23N5O6S2/c22-21(23)24-9-2-6-16(20(28)29)25-19(27)18-15(8-11-33-18)26-34(30,31)14-5-1-4-13(12-14)17-7-3-10-32-17/h1,3-5,7-8,10-12,16,26H,2,6,9H2,(H,25,27)(H,28,29)(H4,22,23,24)/t16-/m0/s1. The van der Waals surface area contributed by atoms with Crippen LogP contribution < -0.4 is 21.5 Å². The fourth-order valence-electron chi connectivity index (χ4n) is 3.01. The van der Waals surface area contributed by atoms with Crippen molar-refractivity contribution in [2.75, 3.05) is 11.3 Å². The first kappa shape index (κ1) is 24.8. The van der Waals surface area contributed by atoms with Crippen LogP contribution in [0.2, 0.25) is 0 Å². The van der Waals surface area contributed by atoms with Crippen LogP contribution >= 0.6 is 11.3 Å². The summed E-state index contributed by atoms with van der Waals surface area (Å²) >= 11 is 0.979. The number of aliphatic imine (C=N–C) groups is 1. The van der Waals surface area contributed by atoms with E-state index in [4.69, 9.17) is 15.9 Å². The minimum atomic E-state index is -4.04. The minimum Gasteiger partial charge on any atom is -0.480 e. The van der Waals surface area contributed by atoms with Crippen molar-refractivity contribution in [3.63, 3.8) is 0 Å². The monoisotopic (exact) mass is 505 g/mol. The van der Waals surface area contributed by atoms with Crippen molar-refractivity contribution in [2.24, 2.45) is 16.5 Å². The van der Waals surface area contributed by atoms with E-state index < -0.39 is 27.9 Å². The number of thiophene rings is 1. The van der Waals surface area contributed by atoms with Gasteiger partial charge in [-0.05, 0) is 48.6 Å². The van der Waals surface area contributed by atoms with E-state index in [1.807, 2.05) is 0 Å². The number of carbonyl (C=O) groups excluding carboxylic acids is 1. The topological polar surface area (TPSA) is 190 Å². The van der Waals surface area contributed by atoms with Gasteiger partial charge >= 0.3 is 5.97 Å². The SMILES string of the molecule is NC(N)=NCCC[C@H](NC(=O)c1sccc1NS(=O)(=O)c1cccc(-c2ccco2)c1)C(=O)O. The molecule has 11 nitrogen and oxygen atoms in total. The molecule has 0 bridgehead atoms. The Kier molecular flexibility index (Phi) is 7.91. The van der Waals surface area contributed by atoms with Gasteiger partial charge in [0.15, 0.2) is 5.96 Å². The highest BCUT2D eigenvalue weighted by Crippen LogP contribution is 2.27. The van der Waals surface area contributed by atoms with Gasteiger partial charge < -0.3 is 26.3 Å². The molecule has 0 unspecified atom stereocenters. The van der Waals surface area contributed by atoms with E-state index in [1.54, 1.807) is 24.3 Å². The lowest BCUT2D eigenvalue weighted by atomic mass is 10.1. The van der Waals surface area contributed by atoms with E-state index in [9.17, 15) is 23.1 Å². The van der Waals surface area contributed by atoms with Crippen LogP contribution in [0.15, 0.2) is 68.4 Å². The lowest BCUT2D eigenvalue weighted by molar-refractivity contribution is -0.139. The van der Waals surface area contributed by atoms with Gasteiger partial charge in [-0.3, -0.25) is 14.5 Å². The lowest BCUT2D eigenvalue weighted by Crippen LogP contribution is -2.40. The van der Waals surface area contributed by atoms with Crippen molar-refractivity contribution >= 4 is 44.9 Å². The number of anilines is 1. The maximum Gasteiger partial charge on any atom is 0.326 e. The highest BCUT2D eigenvalue weighted by molar-refractivity contribution is 7.92. The van der Waals surface area contributed by atoms with Crippen molar-refractivity contribution in [1.29, 1.82) is 0 Å². The molecule has 2 heterocycles. The molecule has 2 aromatic heterocycles. The van der Waals surface area contributed by atoms with Gasteiger partial charge in [0.1, 0.15) is 16.7 Å². The molecule has 0 fully saturated rings. The Bertz CT molecular complexity index is 1280. The molecule has 0 saturated carbocycles. The molecule has 0 aliphatic heterocycles. The van der Waals surface area contributed by atoms with E-state index in [0.717, 1.165) is 11.3 Å². The Balaban J connectivity index is 1.73. The molecule has 3 rings (SSSR count). The molecule has 180 valence electrons. The first-order valence-electron chi connectivity index (χ1n) is 10.0. The Labute approximate surface area is 199 Å². The maximum atomic E-state index is 13.0. The normalized spacial score (nSPS) is 12.0. The van der Waals surface area contributed by atoms with Crippen molar-refractivity contribution in [1.82, 2.24) is 5.32 Å². The number of benzene rings is 1. The zero-order valence-electron chi connectivity index (χ0n) is 17.8. The predicted molar refractivity (Wildman–Crippen MR) is 128 cm³/mol. The first-order chi connectivity index (χ1) is 16.2. The lowest BCUT2D eigenvalue weighted by Gasteiger charge is -2.15. The zero-order valence-corrected chi connectivity index (χ0v) is 19.4. The van der Waals surface area contributed by atoms with E-state index in [0.29, 0.717) is 17.7 Å². The molecule has 0 radical (unpaired) electrons. The third-order valence-electron chi connectivity index (χ3n) is 4.61. The van der Waals surface area contributed by atoms with E-state index in [2.05, 4.69) is 15.0 Å². The van der Waals surface area contributed by atoms with Crippen LogP contribution in [-0.2, 0) is 14.8 Å². The van der Waals surface area contributed by atoms with E-state index in [-0.39, 0.29) is 34.4 Å². The molecule has 3 aromatic rings. The number of nitrogens with one attached hydrogen (secondary N) is 2. The average molecular weight is 506 g/mol. The molecule has 0 saturated heterocycles. The van der Waals surface area contributed by atoms with Gasteiger partial charge in [0.05, 0.1) is 16.8 Å². The fraction of sp³-hybridized carbons (Fsp3) is 0.190.